The highest BCUT2D eigenvalue weighted by Gasteiger charge is 2.45. The van der Waals surface area contributed by atoms with Gasteiger partial charge in [-0.05, 0) is 25.5 Å². The summed E-state index contributed by atoms with van der Waals surface area (Å²) in [6, 6.07) is 0. The van der Waals surface area contributed by atoms with Crippen molar-refractivity contribution in [2.75, 3.05) is 6.26 Å². The molecular formula is C13H15N3O3S2. The van der Waals surface area contributed by atoms with Gasteiger partial charge in [0.15, 0.2) is 26.1 Å². The summed E-state index contributed by atoms with van der Waals surface area (Å²) >= 11 is 2.88. The van der Waals surface area contributed by atoms with E-state index in [1.807, 2.05) is 6.26 Å². The summed E-state index contributed by atoms with van der Waals surface area (Å²) in [5.74, 6) is 0.177. The number of esters is 1. The molecule has 0 atom stereocenters. The van der Waals surface area contributed by atoms with Gasteiger partial charge in [-0.3, -0.25) is 14.2 Å². The maximum Gasteiger partial charge on any atom is 0.303 e. The third kappa shape index (κ3) is 2.26. The van der Waals surface area contributed by atoms with Crippen LogP contribution in [-0.4, -0.2) is 26.8 Å². The van der Waals surface area contributed by atoms with Gasteiger partial charge < -0.3 is 4.74 Å². The number of hydrogen-bond donors (Lipinski definition) is 0. The van der Waals surface area contributed by atoms with Crippen LogP contribution in [0.4, 0.5) is 0 Å². The molecule has 112 valence electrons. The van der Waals surface area contributed by atoms with E-state index in [4.69, 9.17) is 4.74 Å². The van der Waals surface area contributed by atoms with E-state index in [9.17, 15) is 9.59 Å². The average molecular weight is 325 g/mol. The average Bonchev–Trinajstić information content (AvgIpc) is 2.81. The molecule has 1 fully saturated rings. The number of carbonyl (C=O) groups excluding carboxylic acids is 1. The topological polar surface area (TPSA) is 74.1 Å². The number of carbonyl (C=O) groups is 1. The van der Waals surface area contributed by atoms with Crippen LogP contribution < -0.4 is 5.56 Å². The minimum absolute atomic E-state index is 0.190. The Labute approximate surface area is 129 Å². The zero-order valence-corrected chi connectivity index (χ0v) is 13.6. The zero-order chi connectivity index (χ0) is 15.2. The molecule has 1 saturated carbocycles. The predicted octanol–water partition coefficient (Wildman–Crippen LogP) is 2.05. The Balaban J connectivity index is 2.20. The van der Waals surface area contributed by atoms with Crippen molar-refractivity contribution in [1.29, 1.82) is 0 Å². The molecule has 0 radical (unpaired) electrons. The maximum absolute atomic E-state index is 12.5. The molecular weight excluding hydrogens is 310 g/mol. The quantitative estimate of drug-likeness (QED) is 0.635. The van der Waals surface area contributed by atoms with Gasteiger partial charge in [-0.25, -0.2) is 9.97 Å². The van der Waals surface area contributed by atoms with E-state index in [-0.39, 0.29) is 11.5 Å². The van der Waals surface area contributed by atoms with Gasteiger partial charge in [-0.15, -0.1) is 0 Å². The van der Waals surface area contributed by atoms with Crippen molar-refractivity contribution in [2.45, 2.75) is 36.1 Å². The molecule has 0 unspecified atom stereocenters. The Kier molecular flexibility index (Phi) is 3.53. The Morgan fingerprint density at radius 1 is 1.43 bits per heavy atom. The lowest BCUT2D eigenvalue weighted by Crippen LogP contribution is -2.44. The number of ether oxygens (including phenoxy) is 1. The van der Waals surface area contributed by atoms with Gasteiger partial charge in [0.2, 0.25) is 0 Å². The molecule has 0 saturated heterocycles. The Morgan fingerprint density at radius 3 is 2.67 bits per heavy atom. The Morgan fingerprint density at radius 2 is 2.14 bits per heavy atom. The van der Waals surface area contributed by atoms with Crippen LogP contribution in [0.5, 0.6) is 0 Å². The third-order valence-electron chi connectivity index (χ3n) is 3.70. The van der Waals surface area contributed by atoms with Crippen molar-refractivity contribution < 1.29 is 9.53 Å². The largest absolute Gasteiger partial charge is 0.451 e. The first-order valence-corrected chi connectivity index (χ1v) is 8.62. The first-order chi connectivity index (χ1) is 9.97. The number of fused-ring (bicyclic) bond motifs is 1. The van der Waals surface area contributed by atoms with Gasteiger partial charge in [0.25, 0.3) is 5.56 Å². The summed E-state index contributed by atoms with van der Waals surface area (Å²) in [5, 5.41) is 0. The highest BCUT2D eigenvalue weighted by atomic mass is 32.2. The predicted molar refractivity (Wildman–Crippen MR) is 81.7 cm³/mol. The summed E-state index contributed by atoms with van der Waals surface area (Å²) in [6.07, 6.45) is 4.27. The molecule has 0 aromatic carbocycles. The van der Waals surface area contributed by atoms with E-state index in [1.165, 1.54) is 34.6 Å². The van der Waals surface area contributed by atoms with E-state index >= 15 is 0 Å². The maximum atomic E-state index is 12.5. The number of thioether (sulfide) groups is 1. The lowest BCUT2D eigenvalue weighted by Gasteiger charge is -2.40. The highest BCUT2D eigenvalue weighted by molar-refractivity contribution is 8.00. The van der Waals surface area contributed by atoms with E-state index in [0.717, 1.165) is 10.8 Å². The summed E-state index contributed by atoms with van der Waals surface area (Å²) in [7, 11) is 1.66. The molecule has 6 nitrogen and oxygen atoms in total. The van der Waals surface area contributed by atoms with Gasteiger partial charge in [-0.1, -0.05) is 23.1 Å². The number of rotatable bonds is 3. The molecule has 0 aliphatic heterocycles. The van der Waals surface area contributed by atoms with Crippen molar-refractivity contribution in [1.82, 2.24) is 14.5 Å². The zero-order valence-electron chi connectivity index (χ0n) is 12.0. The molecule has 0 bridgehead atoms. The van der Waals surface area contributed by atoms with Gasteiger partial charge in [0, 0.05) is 14.0 Å². The molecule has 2 aromatic heterocycles. The second kappa shape index (κ2) is 5.10. The fourth-order valence-electron chi connectivity index (χ4n) is 2.57. The highest BCUT2D eigenvalue weighted by Crippen LogP contribution is 2.44. The summed E-state index contributed by atoms with van der Waals surface area (Å²) in [4.78, 5) is 33.3. The van der Waals surface area contributed by atoms with Crippen LogP contribution in [0, 0.1) is 0 Å². The number of nitrogens with zero attached hydrogens (tertiary/aromatic N) is 3. The van der Waals surface area contributed by atoms with Crippen molar-refractivity contribution >= 4 is 39.4 Å². The molecule has 0 spiro atoms. The smallest absolute Gasteiger partial charge is 0.303 e. The summed E-state index contributed by atoms with van der Waals surface area (Å²) < 4.78 is 7.77. The van der Waals surface area contributed by atoms with Crippen molar-refractivity contribution in [2.24, 2.45) is 7.05 Å². The summed E-state index contributed by atoms with van der Waals surface area (Å²) in [5.41, 5.74) is -0.560. The molecule has 3 rings (SSSR count). The minimum Gasteiger partial charge on any atom is -0.451 e. The van der Waals surface area contributed by atoms with Gasteiger partial charge in [0.05, 0.1) is 0 Å². The number of thiazole rings is 1. The Hall–Kier alpha value is -1.41. The molecule has 0 N–H and O–H groups in total. The fourth-order valence-corrected chi connectivity index (χ4v) is 3.99. The summed E-state index contributed by atoms with van der Waals surface area (Å²) in [6.45, 7) is 1.38. The van der Waals surface area contributed by atoms with Gasteiger partial charge in [0.1, 0.15) is 0 Å². The van der Waals surface area contributed by atoms with Crippen LogP contribution >= 0.6 is 23.1 Å². The lowest BCUT2D eigenvalue weighted by atomic mass is 9.79. The van der Waals surface area contributed by atoms with E-state index in [1.54, 1.807) is 7.05 Å². The molecule has 21 heavy (non-hydrogen) atoms. The fraction of sp³-hybridized carbons (Fsp3) is 0.538. The Bertz CT molecular complexity index is 777. The molecule has 0 amide bonds. The van der Waals surface area contributed by atoms with Crippen LogP contribution in [0.1, 0.15) is 32.0 Å². The SMILES string of the molecule is CSc1nc2c(=O)n(C)c(C3(OC(C)=O)CCC3)nc2s1. The molecule has 8 heteroatoms. The monoisotopic (exact) mass is 325 g/mol. The van der Waals surface area contributed by atoms with Crippen LogP contribution in [-0.2, 0) is 22.2 Å². The van der Waals surface area contributed by atoms with E-state index in [0.29, 0.717) is 29.0 Å². The first kappa shape index (κ1) is 14.5. The van der Waals surface area contributed by atoms with Gasteiger partial charge in [-0.2, -0.15) is 0 Å². The second-order valence-corrected chi connectivity index (χ2v) is 7.11. The number of hydrogen-bond acceptors (Lipinski definition) is 7. The standard InChI is InChI=1S/C13H15N3O3S2/c1-7(17)19-13(5-4-6-13)11-15-9-8(10(18)16(11)2)14-12(20-3)21-9/h4-6H2,1-3H3. The first-order valence-electron chi connectivity index (χ1n) is 6.58. The van der Waals surface area contributed by atoms with Crippen LogP contribution in [0.25, 0.3) is 10.3 Å². The minimum atomic E-state index is -0.753. The van der Waals surface area contributed by atoms with Gasteiger partial charge >= 0.3 is 5.97 Å². The molecule has 2 aromatic rings. The van der Waals surface area contributed by atoms with Crippen molar-refractivity contribution in [3.05, 3.63) is 16.2 Å². The molecule has 1 aliphatic rings. The molecule has 2 heterocycles. The normalized spacial score (nSPS) is 16.7. The molecule has 1 aliphatic carbocycles. The lowest BCUT2D eigenvalue weighted by molar-refractivity contribution is -0.170. The third-order valence-corrected chi connectivity index (χ3v) is 5.64. The van der Waals surface area contributed by atoms with Crippen molar-refractivity contribution in [3.63, 3.8) is 0 Å². The number of aromatic nitrogens is 3. The van der Waals surface area contributed by atoms with Crippen molar-refractivity contribution in [3.8, 4) is 0 Å². The van der Waals surface area contributed by atoms with E-state index < -0.39 is 5.60 Å². The second-order valence-electron chi connectivity index (χ2n) is 5.08. The van der Waals surface area contributed by atoms with E-state index in [2.05, 4.69) is 9.97 Å². The van der Waals surface area contributed by atoms with Crippen LogP contribution in [0.15, 0.2) is 9.13 Å². The van der Waals surface area contributed by atoms with Crippen LogP contribution in [0.3, 0.4) is 0 Å². The van der Waals surface area contributed by atoms with Crippen LogP contribution in [0.2, 0.25) is 0 Å².